The number of carbonyl (C=O) groups is 2. The molecule has 0 aliphatic carbocycles. The van der Waals surface area contributed by atoms with Crippen LogP contribution < -0.4 is 10.1 Å². The van der Waals surface area contributed by atoms with Gasteiger partial charge in [0, 0.05) is 6.20 Å². The molecular weight excluding hydrogens is 357 g/mol. The number of halogens is 3. The quantitative estimate of drug-likeness (QED) is 0.833. The highest BCUT2D eigenvalue weighted by Crippen LogP contribution is 2.28. The molecule has 1 saturated heterocycles. The smallest absolute Gasteiger partial charge is 0.406 e. The Morgan fingerprint density at radius 2 is 1.80 bits per heavy atom. The van der Waals surface area contributed by atoms with E-state index in [1.54, 1.807) is 12.1 Å². The fourth-order valence-electron chi connectivity index (χ4n) is 2.11. The fraction of sp³-hybridized carbons (Fsp3) is 0.0625. The topological polar surface area (TPSA) is 68.3 Å². The van der Waals surface area contributed by atoms with Crippen molar-refractivity contribution in [2.45, 2.75) is 6.36 Å². The molecule has 0 radical (unpaired) electrons. The van der Waals surface area contributed by atoms with Crippen LogP contribution in [0.5, 0.6) is 5.75 Å². The Bertz CT molecular complexity index is 864. The van der Waals surface area contributed by atoms with E-state index in [-0.39, 0.29) is 10.7 Å². The average molecular weight is 366 g/mol. The summed E-state index contributed by atoms with van der Waals surface area (Å²) in [5.41, 5.74) is 1.78. The molecule has 0 spiro atoms. The number of thioether (sulfide) groups is 1. The lowest BCUT2D eigenvalue weighted by Gasteiger charge is -2.09. The first-order valence-corrected chi connectivity index (χ1v) is 7.69. The van der Waals surface area contributed by atoms with Crippen LogP contribution in [-0.4, -0.2) is 22.5 Å². The number of carbonyl (C=O) groups excluding carboxylic acids is 2. The Morgan fingerprint density at radius 1 is 1.08 bits per heavy atom. The van der Waals surface area contributed by atoms with Gasteiger partial charge < -0.3 is 4.74 Å². The molecule has 5 nitrogen and oxygen atoms in total. The van der Waals surface area contributed by atoms with E-state index in [2.05, 4.69) is 15.0 Å². The van der Waals surface area contributed by atoms with Crippen LogP contribution in [0.4, 0.5) is 18.0 Å². The Morgan fingerprint density at radius 3 is 2.40 bits per heavy atom. The Balaban J connectivity index is 1.83. The van der Waals surface area contributed by atoms with Crippen molar-refractivity contribution in [1.82, 2.24) is 10.3 Å². The van der Waals surface area contributed by atoms with Gasteiger partial charge in [-0.2, -0.15) is 0 Å². The number of amides is 2. The minimum absolute atomic E-state index is 0.226. The second kappa shape index (κ2) is 6.60. The number of nitrogens with zero attached hydrogens (tertiary/aromatic N) is 1. The predicted octanol–water partition coefficient (Wildman–Crippen LogP) is 3.97. The lowest BCUT2D eigenvalue weighted by molar-refractivity contribution is -0.274. The Labute approximate surface area is 143 Å². The van der Waals surface area contributed by atoms with Gasteiger partial charge in [0.15, 0.2) is 0 Å². The lowest BCUT2D eigenvalue weighted by Crippen LogP contribution is -2.17. The second-order valence-corrected chi connectivity index (χ2v) is 5.91. The van der Waals surface area contributed by atoms with Crippen molar-refractivity contribution in [2.75, 3.05) is 0 Å². The number of benzene rings is 1. The van der Waals surface area contributed by atoms with Crippen molar-refractivity contribution in [1.29, 1.82) is 0 Å². The summed E-state index contributed by atoms with van der Waals surface area (Å²) in [7, 11) is 0. The predicted molar refractivity (Wildman–Crippen MR) is 85.5 cm³/mol. The van der Waals surface area contributed by atoms with E-state index < -0.39 is 17.5 Å². The summed E-state index contributed by atoms with van der Waals surface area (Å²) >= 11 is 0.776. The third-order valence-corrected chi connectivity index (χ3v) is 3.93. The number of imide groups is 1. The molecule has 25 heavy (non-hydrogen) atoms. The Kier molecular flexibility index (Phi) is 4.49. The van der Waals surface area contributed by atoms with Crippen LogP contribution in [0, 0.1) is 0 Å². The number of rotatable bonds is 3. The molecule has 1 N–H and O–H groups in total. The van der Waals surface area contributed by atoms with E-state index in [0.29, 0.717) is 16.8 Å². The summed E-state index contributed by atoms with van der Waals surface area (Å²) < 4.78 is 40.4. The first kappa shape index (κ1) is 17.0. The molecule has 1 aromatic carbocycles. The molecule has 1 aliphatic heterocycles. The van der Waals surface area contributed by atoms with Crippen LogP contribution in [0.25, 0.3) is 17.2 Å². The molecule has 2 heterocycles. The molecule has 1 aromatic heterocycles. The number of hydrogen-bond acceptors (Lipinski definition) is 5. The van der Waals surface area contributed by atoms with E-state index in [1.807, 2.05) is 0 Å². The maximum Gasteiger partial charge on any atom is 0.573 e. The summed E-state index contributed by atoms with van der Waals surface area (Å²) in [6.45, 7) is 0. The zero-order valence-electron chi connectivity index (χ0n) is 12.3. The average Bonchev–Trinajstić information content (AvgIpc) is 2.84. The van der Waals surface area contributed by atoms with Gasteiger partial charge >= 0.3 is 6.36 Å². The van der Waals surface area contributed by atoms with Gasteiger partial charge in [0.05, 0.1) is 10.6 Å². The Hall–Kier alpha value is -2.81. The van der Waals surface area contributed by atoms with Crippen molar-refractivity contribution in [3.05, 3.63) is 53.2 Å². The molecule has 0 bridgehead atoms. The number of pyridine rings is 1. The van der Waals surface area contributed by atoms with Crippen LogP contribution >= 0.6 is 11.8 Å². The van der Waals surface area contributed by atoms with Crippen molar-refractivity contribution in [3.8, 4) is 16.9 Å². The lowest BCUT2D eigenvalue weighted by atomic mass is 10.1. The summed E-state index contributed by atoms with van der Waals surface area (Å²) in [5, 5.41) is 1.69. The van der Waals surface area contributed by atoms with Gasteiger partial charge in [-0.3, -0.25) is 19.9 Å². The maximum atomic E-state index is 12.2. The van der Waals surface area contributed by atoms with Gasteiger partial charge in [-0.25, -0.2) is 0 Å². The van der Waals surface area contributed by atoms with E-state index in [1.165, 1.54) is 36.5 Å². The maximum absolute atomic E-state index is 12.2. The van der Waals surface area contributed by atoms with Crippen LogP contribution in [0.1, 0.15) is 5.69 Å². The molecule has 0 unspecified atom stereocenters. The highest BCUT2D eigenvalue weighted by molar-refractivity contribution is 8.18. The number of ether oxygens (including phenoxy) is 1. The van der Waals surface area contributed by atoms with Crippen molar-refractivity contribution in [3.63, 3.8) is 0 Å². The zero-order valence-corrected chi connectivity index (χ0v) is 13.1. The van der Waals surface area contributed by atoms with Gasteiger partial charge in [-0.1, -0.05) is 12.1 Å². The van der Waals surface area contributed by atoms with Gasteiger partial charge in [0.25, 0.3) is 11.1 Å². The first-order chi connectivity index (χ1) is 11.8. The summed E-state index contributed by atoms with van der Waals surface area (Å²) in [6.07, 6.45) is -1.77. The second-order valence-electron chi connectivity index (χ2n) is 4.89. The number of aromatic nitrogens is 1. The molecular formula is C16H9F3N2O3S. The van der Waals surface area contributed by atoms with Gasteiger partial charge in [0.1, 0.15) is 5.75 Å². The molecule has 9 heteroatoms. The van der Waals surface area contributed by atoms with Crippen LogP contribution in [0.3, 0.4) is 0 Å². The SMILES string of the molecule is O=C1NC(=O)/C(=C/c2cc(-c3ccc(OC(F)(F)F)cc3)ccn2)S1. The standard InChI is InChI=1S/C16H9F3N2O3S/c17-16(18,19)24-12-3-1-9(2-4-12)10-5-6-20-11(7-10)8-13-14(22)21-15(23)25-13/h1-8H,(H,21,22,23)/b13-8-. The normalized spacial score (nSPS) is 16.2. The summed E-state index contributed by atoms with van der Waals surface area (Å²) in [6, 6.07) is 8.71. The molecule has 1 fully saturated rings. The zero-order chi connectivity index (χ0) is 18.0. The summed E-state index contributed by atoms with van der Waals surface area (Å²) in [5.74, 6) is -0.805. The highest BCUT2D eigenvalue weighted by Gasteiger charge is 2.31. The van der Waals surface area contributed by atoms with Crippen molar-refractivity contribution < 1.29 is 27.5 Å². The van der Waals surface area contributed by atoms with E-state index in [9.17, 15) is 22.8 Å². The molecule has 1 aliphatic rings. The minimum atomic E-state index is -4.74. The number of alkyl halides is 3. The van der Waals surface area contributed by atoms with Gasteiger partial charge in [-0.05, 0) is 53.2 Å². The number of hydrogen-bond donors (Lipinski definition) is 1. The fourth-order valence-corrected chi connectivity index (χ4v) is 2.78. The molecule has 2 amide bonds. The van der Waals surface area contributed by atoms with Crippen LogP contribution in [0.2, 0.25) is 0 Å². The third-order valence-electron chi connectivity index (χ3n) is 3.12. The monoisotopic (exact) mass is 366 g/mol. The van der Waals surface area contributed by atoms with E-state index in [0.717, 1.165) is 11.8 Å². The van der Waals surface area contributed by atoms with E-state index >= 15 is 0 Å². The van der Waals surface area contributed by atoms with Crippen LogP contribution in [0.15, 0.2) is 47.5 Å². The van der Waals surface area contributed by atoms with Gasteiger partial charge in [-0.15, -0.1) is 13.2 Å². The van der Waals surface area contributed by atoms with Crippen molar-refractivity contribution in [2.24, 2.45) is 0 Å². The minimum Gasteiger partial charge on any atom is -0.406 e. The third kappa shape index (κ3) is 4.38. The van der Waals surface area contributed by atoms with Crippen LogP contribution in [-0.2, 0) is 4.79 Å². The molecule has 3 rings (SSSR count). The molecule has 2 aromatic rings. The van der Waals surface area contributed by atoms with Gasteiger partial charge in [0.2, 0.25) is 0 Å². The molecule has 0 atom stereocenters. The largest absolute Gasteiger partial charge is 0.573 e. The molecule has 128 valence electrons. The highest BCUT2D eigenvalue weighted by atomic mass is 32.2. The number of nitrogens with one attached hydrogen (secondary N) is 1. The first-order valence-electron chi connectivity index (χ1n) is 6.87. The van der Waals surface area contributed by atoms with E-state index in [4.69, 9.17) is 0 Å². The summed E-state index contributed by atoms with van der Waals surface area (Å²) in [4.78, 5) is 27.0. The molecule has 0 saturated carbocycles. The van der Waals surface area contributed by atoms with Crippen molar-refractivity contribution >= 4 is 29.0 Å².